The number of halogens is 5. The third-order valence-electron chi connectivity index (χ3n) is 1.70. The lowest BCUT2D eigenvalue weighted by Crippen LogP contribution is -2.57. The second kappa shape index (κ2) is 3.08. The number of nitrogens with two attached hydrogens (primary N) is 1. The largest absolute Gasteiger partial charge is 0.454 e. The molecule has 0 aliphatic carbocycles. The summed E-state index contributed by atoms with van der Waals surface area (Å²) in [6.07, 6.45) is -5.58. The topological polar surface area (TPSA) is 26.0 Å². The van der Waals surface area contributed by atoms with Gasteiger partial charge in [0.05, 0.1) is 6.04 Å². The number of alkyl halides is 5. The molecule has 80 valence electrons. The summed E-state index contributed by atoms with van der Waals surface area (Å²) in [5, 5.41) is 0. The Labute approximate surface area is 73.1 Å². The van der Waals surface area contributed by atoms with Gasteiger partial charge in [-0.15, -0.1) is 0 Å². The van der Waals surface area contributed by atoms with Gasteiger partial charge in [0.2, 0.25) is 0 Å². The molecule has 0 aromatic heterocycles. The lowest BCUT2D eigenvalue weighted by atomic mass is 9.83. The Bertz CT molecular complexity index is 178. The maximum Gasteiger partial charge on any atom is 0.454 e. The molecule has 13 heavy (non-hydrogen) atoms. The van der Waals surface area contributed by atoms with E-state index in [9.17, 15) is 22.0 Å². The normalized spacial score (nSPS) is 17.3. The molecule has 0 aliphatic heterocycles. The van der Waals surface area contributed by atoms with E-state index in [1.807, 2.05) is 0 Å². The second-order valence-corrected chi connectivity index (χ2v) is 3.96. The first kappa shape index (κ1) is 12.6. The molecule has 0 saturated carbocycles. The summed E-state index contributed by atoms with van der Waals surface area (Å²) in [7, 11) is 0. The molecule has 0 radical (unpaired) electrons. The van der Waals surface area contributed by atoms with Crippen LogP contribution >= 0.6 is 0 Å². The van der Waals surface area contributed by atoms with Gasteiger partial charge >= 0.3 is 12.1 Å². The highest BCUT2D eigenvalue weighted by Crippen LogP contribution is 2.42. The van der Waals surface area contributed by atoms with Gasteiger partial charge in [0.25, 0.3) is 0 Å². The minimum Gasteiger partial charge on any atom is -0.322 e. The molecule has 0 aromatic carbocycles. The van der Waals surface area contributed by atoms with Crippen LogP contribution in [0, 0.1) is 5.41 Å². The number of hydrogen-bond acceptors (Lipinski definition) is 1. The first-order valence-corrected chi connectivity index (χ1v) is 3.61. The van der Waals surface area contributed by atoms with Crippen LogP contribution in [0.2, 0.25) is 0 Å². The minimum atomic E-state index is -5.58. The molecule has 0 heterocycles. The molecule has 2 N–H and O–H groups in total. The van der Waals surface area contributed by atoms with Gasteiger partial charge in [0, 0.05) is 0 Å². The van der Waals surface area contributed by atoms with Crippen molar-refractivity contribution in [2.75, 3.05) is 0 Å². The highest BCUT2D eigenvalue weighted by Gasteiger charge is 2.63. The van der Waals surface area contributed by atoms with Crippen molar-refractivity contribution < 1.29 is 22.0 Å². The molecule has 0 bridgehead atoms. The van der Waals surface area contributed by atoms with Crippen LogP contribution < -0.4 is 5.73 Å². The fourth-order valence-electron chi connectivity index (χ4n) is 0.720. The van der Waals surface area contributed by atoms with Gasteiger partial charge in [-0.1, -0.05) is 20.8 Å². The Hall–Kier alpha value is -0.390. The molecule has 0 spiro atoms. The van der Waals surface area contributed by atoms with E-state index in [4.69, 9.17) is 5.73 Å². The monoisotopic (exact) mass is 205 g/mol. The van der Waals surface area contributed by atoms with Crippen molar-refractivity contribution in [3.63, 3.8) is 0 Å². The van der Waals surface area contributed by atoms with Crippen molar-refractivity contribution in [2.45, 2.75) is 38.9 Å². The smallest absolute Gasteiger partial charge is 0.322 e. The van der Waals surface area contributed by atoms with E-state index in [1.165, 1.54) is 20.8 Å². The van der Waals surface area contributed by atoms with E-state index in [1.54, 1.807) is 0 Å². The van der Waals surface area contributed by atoms with E-state index in [2.05, 4.69) is 0 Å². The average molecular weight is 205 g/mol. The third-order valence-corrected chi connectivity index (χ3v) is 1.70. The van der Waals surface area contributed by atoms with Crippen molar-refractivity contribution >= 4 is 0 Å². The first-order valence-electron chi connectivity index (χ1n) is 3.61. The highest BCUT2D eigenvalue weighted by molar-refractivity contribution is 4.94. The molecule has 0 aromatic rings. The third kappa shape index (κ3) is 2.52. The number of hydrogen-bond donors (Lipinski definition) is 1. The van der Waals surface area contributed by atoms with E-state index >= 15 is 0 Å². The molecule has 0 fully saturated rings. The van der Waals surface area contributed by atoms with Gasteiger partial charge in [-0.2, -0.15) is 22.0 Å². The fourth-order valence-corrected chi connectivity index (χ4v) is 0.720. The van der Waals surface area contributed by atoms with Crippen LogP contribution in [0.1, 0.15) is 20.8 Å². The van der Waals surface area contributed by atoms with Gasteiger partial charge < -0.3 is 5.73 Å². The fraction of sp³-hybridized carbons (Fsp3) is 1.00. The summed E-state index contributed by atoms with van der Waals surface area (Å²) in [4.78, 5) is 0. The summed E-state index contributed by atoms with van der Waals surface area (Å²) in [6, 6.07) is -2.24. The SMILES string of the molecule is CC(C)(C)C(N)C(F)(F)C(F)(F)F. The maximum atomic E-state index is 12.6. The molecule has 0 aliphatic rings. The first-order chi connectivity index (χ1) is 5.40. The van der Waals surface area contributed by atoms with Gasteiger partial charge in [-0.3, -0.25) is 0 Å². The minimum absolute atomic E-state index is 1.23. The zero-order valence-electron chi connectivity index (χ0n) is 7.54. The summed E-state index contributed by atoms with van der Waals surface area (Å²) >= 11 is 0. The van der Waals surface area contributed by atoms with E-state index in [0.29, 0.717) is 0 Å². The van der Waals surface area contributed by atoms with E-state index < -0.39 is 23.6 Å². The molecule has 1 unspecified atom stereocenters. The number of rotatable bonds is 1. The van der Waals surface area contributed by atoms with Gasteiger partial charge in [0.1, 0.15) is 0 Å². The Morgan fingerprint density at radius 1 is 0.923 bits per heavy atom. The average Bonchev–Trinajstić information content (AvgIpc) is 1.81. The Morgan fingerprint density at radius 3 is 1.31 bits per heavy atom. The lowest BCUT2D eigenvalue weighted by molar-refractivity contribution is -0.297. The van der Waals surface area contributed by atoms with E-state index in [0.717, 1.165) is 0 Å². The molecular weight excluding hydrogens is 193 g/mol. The molecule has 1 nitrogen and oxygen atoms in total. The van der Waals surface area contributed by atoms with Crippen LogP contribution in [-0.2, 0) is 0 Å². The predicted octanol–water partition coefficient (Wildman–Crippen LogP) is 2.56. The quantitative estimate of drug-likeness (QED) is 0.654. The predicted molar refractivity (Wildman–Crippen MR) is 38.4 cm³/mol. The summed E-state index contributed by atoms with van der Waals surface area (Å²) < 4.78 is 60.5. The van der Waals surface area contributed by atoms with Crippen molar-refractivity contribution in [3.05, 3.63) is 0 Å². The van der Waals surface area contributed by atoms with Crippen LogP contribution in [0.25, 0.3) is 0 Å². The van der Waals surface area contributed by atoms with Crippen LogP contribution in [0.4, 0.5) is 22.0 Å². The van der Waals surface area contributed by atoms with E-state index in [-0.39, 0.29) is 0 Å². The second-order valence-electron chi connectivity index (χ2n) is 3.96. The Balaban J connectivity index is 4.86. The Kier molecular flexibility index (Phi) is 2.98. The van der Waals surface area contributed by atoms with Crippen LogP contribution in [0.5, 0.6) is 0 Å². The van der Waals surface area contributed by atoms with Gasteiger partial charge in [-0.25, -0.2) is 0 Å². The summed E-state index contributed by atoms with van der Waals surface area (Å²) in [6.45, 7) is 3.70. The zero-order chi connectivity index (χ0) is 11.1. The standard InChI is InChI=1S/C7H12F5N/c1-5(2,3)4(13)6(8,9)7(10,11)12/h4H,13H2,1-3H3. The van der Waals surface area contributed by atoms with Gasteiger partial charge in [0.15, 0.2) is 0 Å². The molecule has 0 rings (SSSR count). The maximum absolute atomic E-state index is 12.6. The molecule has 0 saturated heterocycles. The van der Waals surface area contributed by atoms with Crippen LogP contribution in [-0.4, -0.2) is 18.1 Å². The van der Waals surface area contributed by atoms with Crippen LogP contribution in [0.15, 0.2) is 0 Å². The summed E-state index contributed by atoms with van der Waals surface area (Å²) in [5.74, 6) is -4.84. The van der Waals surface area contributed by atoms with Crippen molar-refractivity contribution in [3.8, 4) is 0 Å². The van der Waals surface area contributed by atoms with Crippen molar-refractivity contribution in [1.29, 1.82) is 0 Å². The zero-order valence-corrected chi connectivity index (χ0v) is 7.54. The van der Waals surface area contributed by atoms with Crippen LogP contribution in [0.3, 0.4) is 0 Å². The van der Waals surface area contributed by atoms with Gasteiger partial charge in [-0.05, 0) is 5.41 Å². The molecule has 6 heteroatoms. The molecule has 1 atom stereocenters. The molecular formula is C7H12F5N. The van der Waals surface area contributed by atoms with Crippen molar-refractivity contribution in [2.24, 2.45) is 11.1 Å². The lowest BCUT2D eigenvalue weighted by Gasteiger charge is -2.34. The summed E-state index contributed by atoms with van der Waals surface area (Å²) in [5.41, 5.74) is 3.55. The molecule has 0 amide bonds. The Morgan fingerprint density at radius 2 is 1.23 bits per heavy atom. The highest BCUT2D eigenvalue weighted by atomic mass is 19.4. The van der Waals surface area contributed by atoms with Crippen molar-refractivity contribution in [1.82, 2.24) is 0 Å².